The normalized spacial score (nSPS) is 12.4. The number of nitrogens with one attached hydrogen (secondary N) is 1. The highest BCUT2D eigenvalue weighted by Gasteiger charge is 2.33. The van der Waals surface area contributed by atoms with Gasteiger partial charge in [-0.3, -0.25) is 9.78 Å². The van der Waals surface area contributed by atoms with Crippen molar-refractivity contribution in [1.82, 2.24) is 4.98 Å². The van der Waals surface area contributed by atoms with Crippen LogP contribution in [0.5, 0.6) is 0 Å². The predicted octanol–water partition coefficient (Wildman–Crippen LogP) is 4.70. The number of ether oxygens (including phenoxy) is 1. The molecule has 0 aliphatic rings. The highest BCUT2D eigenvalue weighted by molar-refractivity contribution is 9.10. The topological polar surface area (TPSA) is 68.3 Å². The number of benzene rings is 1. The summed E-state index contributed by atoms with van der Waals surface area (Å²) in [5.74, 6) is -1.59. The van der Waals surface area contributed by atoms with E-state index in [0.29, 0.717) is 10.5 Å². The fourth-order valence-electron chi connectivity index (χ4n) is 1.87. The third-order valence-corrected chi connectivity index (χ3v) is 3.90. The summed E-state index contributed by atoms with van der Waals surface area (Å²) >= 11 is 8.66. The number of pyridine rings is 1. The molecule has 1 atom stereocenters. The van der Waals surface area contributed by atoms with Gasteiger partial charge in [-0.1, -0.05) is 11.6 Å². The Morgan fingerprint density at radius 2 is 1.96 bits per heavy atom. The number of hydrogen-bond donors (Lipinski definition) is 1. The van der Waals surface area contributed by atoms with Crippen molar-refractivity contribution < 1.29 is 27.5 Å². The summed E-state index contributed by atoms with van der Waals surface area (Å²) in [6, 6.07) is 4.38. The molecule has 10 heteroatoms. The Labute approximate surface area is 159 Å². The maximum atomic E-state index is 12.8. The van der Waals surface area contributed by atoms with E-state index < -0.39 is 34.7 Å². The van der Waals surface area contributed by atoms with Crippen molar-refractivity contribution in [3.8, 4) is 0 Å². The van der Waals surface area contributed by atoms with Crippen LogP contribution in [0.25, 0.3) is 0 Å². The zero-order valence-electron chi connectivity index (χ0n) is 13.1. The summed E-state index contributed by atoms with van der Waals surface area (Å²) < 4.78 is 44.1. The maximum absolute atomic E-state index is 12.8. The number of rotatable bonds is 4. The summed E-state index contributed by atoms with van der Waals surface area (Å²) in [5.41, 5.74) is -1.09. The van der Waals surface area contributed by atoms with Gasteiger partial charge in [0.2, 0.25) is 0 Å². The fourth-order valence-corrected chi connectivity index (χ4v) is 2.46. The molecule has 1 aromatic heterocycles. The van der Waals surface area contributed by atoms with Crippen molar-refractivity contribution in [2.45, 2.75) is 19.2 Å². The lowest BCUT2D eigenvalue weighted by Gasteiger charge is -2.15. The van der Waals surface area contributed by atoms with Gasteiger partial charge in [-0.15, -0.1) is 0 Å². The van der Waals surface area contributed by atoms with Crippen molar-refractivity contribution in [3.63, 3.8) is 0 Å². The fraction of sp³-hybridized carbons (Fsp3) is 0.188. The number of esters is 1. The Morgan fingerprint density at radius 1 is 1.27 bits per heavy atom. The molecule has 0 radical (unpaired) electrons. The second-order valence-electron chi connectivity index (χ2n) is 5.12. The molecule has 0 aliphatic carbocycles. The Bertz CT molecular complexity index is 846. The van der Waals surface area contributed by atoms with E-state index in [1.165, 1.54) is 31.5 Å². The van der Waals surface area contributed by atoms with Gasteiger partial charge in [0.25, 0.3) is 5.91 Å². The molecule has 0 saturated heterocycles. The minimum atomic E-state index is -4.66. The van der Waals surface area contributed by atoms with Crippen LogP contribution < -0.4 is 5.32 Å². The van der Waals surface area contributed by atoms with E-state index >= 15 is 0 Å². The van der Waals surface area contributed by atoms with Crippen LogP contribution in [0, 0.1) is 0 Å². The van der Waals surface area contributed by atoms with Gasteiger partial charge in [-0.25, -0.2) is 4.79 Å². The van der Waals surface area contributed by atoms with Gasteiger partial charge in [0.05, 0.1) is 16.1 Å². The Balaban J connectivity index is 2.06. The van der Waals surface area contributed by atoms with Crippen LogP contribution in [0.4, 0.5) is 18.9 Å². The number of alkyl halides is 3. The molecule has 1 amide bonds. The molecule has 138 valence electrons. The number of hydrogen-bond acceptors (Lipinski definition) is 4. The monoisotopic (exact) mass is 450 g/mol. The van der Waals surface area contributed by atoms with Gasteiger partial charge in [-0.2, -0.15) is 13.2 Å². The van der Waals surface area contributed by atoms with E-state index in [0.717, 1.165) is 6.07 Å². The van der Waals surface area contributed by atoms with E-state index in [-0.39, 0.29) is 11.3 Å². The van der Waals surface area contributed by atoms with E-state index in [9.17, 15) is 22.8 Å². The molecule has 0 saturated carbocycles. The minimum absolute atomic E-state index is 0.116. The van der Waals surface area contributed by atoms with Crippen molar-refractivity contribution in [2.24, 2.45) is 0 Å². The molecule has 1 unspecified atom stereocenters. The summed E-state index contributed by atoms with van der Waals surface area (Å²) in [5, 5.41) is 1.76. The van der Waals surface area contributed by atoms with Crippen LogP contribution in [0.1, 0.15) is 22.8 Å². The van der Waals surface area contributed by atoms with Gasteiger partial charge in [-0.05, 0) is 47.1 Å². The van der Waals surface area contributed by atoms with Gasteiger partial charge in [0.15, 0.2) is 6.10 Å². The first kappa shape index (κ1) is 20.2. The second kappa shape index (κ2) is 8.05. The van der Waals surface area contributed by atoms with Crippen LogP contribution in [0.15, 0.2) is 41.1 Å². The number of halogens is 5. The lowest BCUT2D eigenvalue weighted by atomic mass is 10.2. The molecule has 5 nitrogen and oxygen atoms in total. The summed E-state index contributed by atoms with van der Waals surface area (Å²) in [6.07, 6.45) is -3.19. The lowest BCUT2D eigenvalue weighted by molar-refractivity contribution is -0.137. The first-order valence-electron chi connectivity index (χ1n) is 7.07. The summed E-state index contributed by atoms with van der Waals surface area (Å²) in [6.45, 7) is 1.29. The number of carbonyl (C=O) groups excluding carboxylic acids is 2. The minimum Gasteiger partial charge on any atom is -0.449 e. The molecule has 1 aromatic carbocycles. The van der Waals surface area contributed by atoms with E-state index in [2.05, 4.69) is 26.2 Å². The number of amides is 1. The highest BCUT2D eigenvalue weighted by atomic mass is 79.9. The van der Waals surface area contributed by atoms with Gasteiger partial charge >= 0.3 is 12.1 Å². The molecule has 0 spiro atoms. The number of anilines is 1. The lowest BCUT2D eigenvalue weighted by Crippen LogP contribution is -2.30. The standard InChI is InChI=1S/C16H11BrClF3N2O3/c1-8(26-15(25)9-4-10(17)7-22-6-9)14(24)23-11-2-3-13(18)12(5-11)16(19,20)21/h2-8H,1H3,(H,23,24). The first-order valence-corrected chi connectivity index (χ1v) is 8.24. The van der Waals surface area contributed by atoms with E-state index in [1.54, 1.807) is 0 Å². The zero-order valence-corrected chi connectivity index (χ0v) is 15.4. The Kier molecular flexibility index (Phi) is 6.25. The molecule has 2 rings (SSSR count). The highest BCUT2D eigenvalue weighted by Crippen LogP contribution is 2.36. The predicted molar refractivity (Wildman–Crippen MR) is 91.9 cm³/mol. The van der Waals surface area contributed by atoms with Crippen LogP contribution >= 0.6 is 27.5 Å². The van der Waals surface area contributed by atoms with Crippen molar-refractivity contribution in [3.05, 3.63) is 57.3 Å². The van der Waals surface area contributed by atoms with Crippen molar-refractivity contribution in [1.29, 1.82) is 0 Å². The summed E-state index contributed by atoms with van der Waals surface area (Å²) in [7, 11) is 0. The Morgan fingerprint density at radius 3 is 2.58 bits per heavy atom. The molecule has 0 bridgehead atoms. The number of aromatic nitrogens is 1. The zero-order chi connectivity index (χ0) is 19.5. The number of carbonyl (C=O) groups is 2. The first-order chi connectivity index (χ1) is 12.1. The molecule has 0 fully saturated rings. The maximum Gasteiger partial charge on any atom is 0.417 e. The largest absolute Gasteiger partial charge is 0.449 e. The SMILES string of the molecule is CC(OC(=O)c1cncc(Br)c1)C(=O)Nc1ccc(Cl)c(C(F)(F)F)c1. The van der Waals surface area contributed by atoms with E-state index in [4.69, 9.17) is 16.3 Å². The molecule has 1 heterocycles. The molecular weight excluding hydrogens is 441 g/mol. The van der Waals surface area contributed by atoms with Gasteiger partial charge in [0, 0.05) is 22.6 Å². The third kappa shape index (κ3) is 5.18. The van der Waals surface area contributed by atoms with E-state index in [1.807, 2.05) is 0 Å². The molecule has 1 N–H and O–H groups in total. The quantitative estimate of drug-likeness (QED) is 0.684. The van der Waals surface area contributed by atoms with Crippen LogP contribution in [0.2, 0.25) is 5.02 Å². The molecular formula is C16H11BrClF3N2O3. The molecule has 0 aliphatic heterocycles. The van der Waals surface area contributed by atoms with Gasteiger partial charge < -0.3 is 10.1 Å². The molecule has 2 aromatic rings. The second-order valence-corrected chi connectivity index (χ2v) is 6.44. The van der Waals surface area contributed by atoms with Crippen LogP contribution in [-0.2, 0) is 15.7 Å². The van der Waals surface area contributed by atoms with Crippen molar-refractivity contribution >= 4 is 45.1 Å². The molecule has 26 heavy (non-hydrogen) atoms. The smallest absolute Gasteiger partial charge is 0.417 e. The third-order valence-electron chi connectivity index (χ3n) is 3.13. The summed E-state index contributed by atoms with van der Waals surface area (Å²) in [4.78, 5) is 27.8. The van der Waals surface area contributed by atoms with Crippen LogP contribution in [-0.4, -0.2) is 23.0 Å². The number of nitrogens with zero attached hydrogens (tertiary/aromatic N) is 1. The average Bonchev–Trinajstić information content (AvgIpc) is 2.55. The van der Waals surface area contributed by atoms with Crippen molar-refractivity contribution in [2.75, 3.05) is 5.32 Å². The van der Waals surface area contributed by atoms with Gasteiger partial charge in [0.1, 0.15) is 0 Å². The Hall–Kier alpha value is -2.13. The average molecular weight is 452 g/mol. The van der Waals surface area contributed by atoms with Crippen LogP contribution in [0.3, 0.4) is 0 Å².